The van der Waals surface area contributed by atoms with Crippen LogP contribution < -0.4 is 9.46 Å². The Bertz CT molecular complexity index is 1330. The van der Waals surface area contributed by atoms with E-state index in [-0.39, 0.29) is 28.6 Å². The Labute approximate surface area is 193 Å². The molecule has 0 aromatic heterocycles. The molecule has 0 aliphatic rings. The number of nitrogens with one attached hydrogen (secondary N) is 1. The Morgan fingerprint density at radius 1 is 1.12 bits per heavy atom. The number of phenolic OH excluding ortho intramolecular Hbond substituents is 1. The van der Waals surface area contributed by atoms with E-state index < -0.39 is 10.0 Å². The fraction of sp³-hybridized carbons (Fsp3) is 0.200. The lowest BCUT2D eigenvalue weighted by molar-refractivity contribution is 0.101. The van der Waals surface area contributed by atoms with Gasteiger partial charge in [-0.25, -0.2) is 8.42 Å². The average molecular weight is 465 g/mol. The van der Waals surface area contributed by atoms with E-state index in [4.69, 9.17) is 10.00 Å². The van der Waals surface area contributed by atoms with Gasteiger partial charge in [-0.3, -0.25) is 9.52 Å². The summed E-state index contributed by atoms with van der Waals surface area (Å²) in [5.74, 6) is 0.128. The first-order valence-corrected chi connectivity index (χ1v) is 11.8. The zero-order valence-electron chi connectivity index (χ0n) is 18.3. The molecule has 0 fully saturated rings. The highest BCUT2D eigenvalue weighted by Gasteiger charge is 2.17. The number of hydrogen-bond donors (Lipinski definition) is 2. The first-order chi connectivity index (χ1) is 15.7. The number of aromatic hydroxyl groups is 1. The first-order valence-electron chi connectivity index (χ1n) is 10.4. The van der Waals surface area contributed by atoms with E-state index in [1.807, 2.05) is 13.0 Å². The summed E-state index contributed by atoms with van der Waals surface area (Å²) in [5, 5.41) is 19.5. The molecule has 0 heterocycles. The number of nitrogens with zero attached hydrogens (tertiary/aromatic N) is 1. The van der Waals surface area contributed by atoms with Gasteiger partial charge >= 0.3 is 0 Å². The SMILES string of the molecule is CCCc1c(OCc2cccc(S(=O)(=O)Nc3cccc(C#N)c3)c2)ccc(C(C)=O)c1O. The normalized spacial score (nSPS) is 10.9. The zero-order valence-corrected chi connectivity index (χ0v) is 19.1. The monoisotopic (exact) mass is 464 g/mol. The summed E-state index contributed by atoms with van der Waals surface area (Å²) in [4.78, 5) is 11.8. The minimum absolute atomic E-state index is 0.0505. The third-order valence-corrected chi connectivity index (χ3v) is 6.35. The van der Waals surface area contributed by atoms with E-state index in [0.29, 0.717) is 34.5 Å². The van der Waals surface area contributed by atoms with Crippen LogP contribution in [0, 0.1) is 11.3 Å². The molecule has 8 heteroatoms. The molecule has 3 aromatic carbocycles. The van der Waals surface area contributed by atoms with Gasteiger partial charge in [0.15, 0.2) is 5.78 Å². The predicted molar refractivity (Wildman–Crippen MR) is 125 cm³/mol. The third kappa shape index (κ3) is 5.70. The zero-order chi connectivity index (χ0) is 24.0. The smallest absolute Gasteiger partial charge is 0.261 e. The largest absolute Gasteiger partial charge is 0.507 e. The van der Waals surface area contributed by atoms with E-state index in [9.17, 15) is 18.3 Å². The van der Waals surface area contributed by atoms with Gasteiger partial charge in [-0.05, 0) is 61.4 Å². The number of rotatable bonds is 9. The lowest BCUT2D eigenvalue weighted by atomic mass is 10.0. The molecule has 2 N–H and O–H groups in total. The van der Waals surface area contributed by atoms with Gasteiger partial charge in [0, 0.05) is 5.56 Å². The lowest BCUT2D eigenvalue weighted by Crippen LogP contribution is -2.13. The van der Waals surface area contributed by atoms with E-state index in [1.54, 1.807) is 36.4 Å². The van der Waals surface area contributed by atoms with Gasteiger partial charge in [0.05, 0.1) is 27.8 Å². The van der Waals surface area contributed by atoms with Gasteiger partial charge in [0.25, 0.3) is 10.0 Å². The van der Waals surface area contributed by atoms with Gasteiger partial charge in [0.2, 0.25) is 0 Å². The summed E-state index contributed by atoms with van der Waals surface area (Å²) >= 11 is 0. The number of carbonyl (C=O) groups excluding carboxylic acids is 1. The van der Waals surface area contributed by atoms with Crippen molar-refractivity contribution in [2.45, 2.75) is 38.2 Å². The topological polar surface area (TPSA) is 116 Å². The minimum atomic E-state index is -3.87. The predicted octanol–water partition coefficient (Wildman–Crippen LogP) is 4.80. The van der Waals surface area contributed by atoms with Crippen LogP contribution >= 0.6 is 0 Å². The van der Waals surface area contributed by atoms with Gasteiger partial charge in [-0.1, -0.05) is 31.5 Å². The first kappa shape index (κ1) is 23.8. The van der Waals surface area contributed by atoms with Gasteiger partial charge in [-0.15, -0.1) is 0 Å². The maximum Gasteiger partial charge on any atom is 0.261 e. The molecule has 0 aliphatic carbocycles. The van der Waals surface area contributed by atoms with Crippen LogP contribution in [0.2, 0.25) is 0 Å². The summed E-state index contributed by atoms with van der Waals surface area (Å²) < 4.78 is 34.0. The van der Waals surface area contributed by atoms with Crippen LogP contribution in [0.3, 0.4) is 0 Å². The number of Topliss-reactive ketones (excluding diaryl/α,β-unsaturated/α-hetero) is 1. The average Bonchev–Trinajstić information content (AvgIpc) is 2.79. The Kier molecular flexibility index (Phi) is 7.36. The van der Waals surface area contributed by atoms with Crippen LogP contribution in [-0.2, 0) is 23.1 Å². The Balaban J connectivity index is 1.81. The summed E-state index contributed by atoms with van der Waals surface area (Å²) in [7, 11) is -3.87. The number of phenols is 1. The number of ether oxygens (including phenoxy) is 1. The van der Waals surface area contributed by atoms with Crippen molar-refractivity contribution >= 4 is 21.5 Å². The van der Waals surface area contributed by atoms with Crippen LogP contribution in [0.4, 0.5) is 5.69 Å². The van der Waals surface area contributed by atoms with Crippen molar-refractivity contribution < 1.29 is 23.1 Å². The maximum atomic E-state index is 12.8. The lowest BCUT2D eigenvalue weighted by Gasteiger charge is -2.15. The van der Waals surface area contributed by atoms with Crippen LogP contribution in [0.15, 0.2) is 65.6 Å². The summed E-state index contributed by atoms with van der Waals surface area (Å²) in [6.45, 7) is 3.42. The second-order valence-electron chi connectivity index (χ2n) is 7.48. The number of ketones is 1. The number of anilines is 1. The number of carbonyl (C=O) groups is 1. The molecule has 0 radical (unpaired) electrons. The minimum Gasteiger partial charge on any atom is -0.507 e. The van der Waals surface area contributed by atoms with Crippen molar-refractivity contribution in [3.63, 3.8) is 0 Å². The number of sulfonamides is 1. The molecule has 170 valence electrons. The number of benzene rings is 3. The molecule has 0 atom stereocenters. The molecule has 3 rings (SSSR count). The standard InChI is InChI=1S/C25H24N2O5S/c1-3-6-23-24(12-11-22(17(2)28)25(23)29)32-16-19-8-5-10-21(14-19)33(30,31)27-20-9-4-7-18(13-20)15-26/h4-5,7-14,27,29H,3,6,16H2,1-2H3. The summed E-state index contributed by atoms with van der Waals surface area (Å²) in [5.41, 5.74) is 2.04. The van der Waals surface area contributed by atoms with Crippen LogP contribution in [0.5, 0.6) is 11.5 Å². The Morgan fingerprint density at radius 2 is 1.88 bits per heavy atom. The van der Waals surface area contributed by atoms with E-state index >= 15 is 0 Å². The second kappa shape index (κ2) is 10.2. The van der Waals surface area contributed by atoms with Gasteiger partial charge in [0.1, 0.15) is 18.1 Å². The van der Waals surface area contributed by atoms with E-state index in [1.165, 1.54) is 31.2 Å². The molecule has 33 heavy (non-hydrogen) atoms. The second-order valence-corrected chi connectivity index (χ2v) is 9.16. The van der Waals surface area contributed by atoms with Crippen molar-refractivity contribution in [3.05, 3.63) is 82.9 Å². The number of nitriles is 1. The molecular formula is C25H24N2O5S. The highest BCUT2D eigenvalue weighted by molar-refractivity contribution is 7.92. The highest BCUT2D eigenvalue weighted by Crippen LogP contribution is 2.33. The Hall–Kier alpha value is -3.83. The van der Waals surface area contributed by atoms with Crippen LogP contribution in [0.1, 0.15) is 47.3 Å². The summed E-state index contributed by atoms with van der Waals surface area (Å²) in [6.07, 6.45) is 1.28. The van der Waals surface area contributed by atoms with Crippen molar-refractivity contribution in [1.82, 2.24) is 0 Å². The fourth-order valence-electron chi connectivity index (χ4n) is 3.36. The molecule has 0 saturated heterocycles. The van der Waals surface area contributed by atoms with E-state index in [2.05, 4.69) is 4.72 Å². The molecule has 0 aliphatic heterocycles. The Morgan fingerprint density at radius 3 is 2.58 bits per heavy atom. The molecule has 3 aromatic rings. The quantitative estimate of drug-likeness (QED) is 0.440. The molecule has 0 amide bonds. The van der Waals surface area contributed by atoms with Crippen LogP contribution in [0.25, 0.3) is 0 Å². The van der Waals surface area contributed by atoms with Gasteiger partial charge < -0.3 is 9.84 Å². The molecule has 0 unspecified atom stereocenters. The molecular weight excluding hydrogens is 440 g/mol. The molecule has 7 nitrogen and oxygen atoms in total. The van der Waals surface area contributed by atoms with Crippen molar-refractivity contribution in [2.24, 2.45) is 0 Å². The fourth-order valence-corrected chi connectivity index (χ4v) is 4.48. The van der Waals surface area contributed by atoms with Crippen molar-refractivity contribution in [2.75, 3.05) is 4.72 Å². The third-order valence-electron chi connectivity index (χ3n) is 4.97. The van der Waals surface area contributed by atoms with Crippen molar-refractivity contribution in [3.8, 4) is 17.6 Å². The molecule has 0 bridgehead atoms. The van der Waals surface area contributed by atoms with Gasteiger partial charge in [-0.2, -0.15) is 5.26 Å². The van der Waals surface area contributed by atoms with Crippen LogP contribution in [-0.4, -0.2) is 19.3 Å². The maximum absolute atomic E-state index is 12.8. The molecule has 0 saturated carbocycles. The van der Waals surface area contributed by atoms with E-state index in [0.717, 1.165) is 6.42 Å². The molecule has 0 spiro atoms. The number of hydrogen-bond acceptors (Lipinski definition) is 6. The van der Waals surface area contributed by atoms with Crippen molar-refractivity contribution in [1.29, 1.82) is 5.26 Å². The highest BCUT2D eigenvalue weighted by atomic mass is 32.2. The summed E-state index contributed by atoms with van der Waals surface area (Å²) in [6, 6.07) is 17.7.